The van der Waals surface area contributed by atoms with Crippen LogP contribution in [0.15, 0.2) is 0 Å². The van der Waals surface area contributed by atoms with Crippen molar-refractivity contribution in [2.75, 3.05) is 34.3 Å². The quantitative estimate of drug-likeness (QED) is 0.494. The van der Waals surface area contributed by atoms with Crippen LogP contribution in [-0.4, -0.2) is 50.4 Å². The Morgan fingerprint density at radius 3 is 2.60 bits per heavy atom. The number of nitrogens with zero attached hydrogens (tertiary/aromatic N) is 1. The third-order valence-electron chi connectivity index (χ3n) is 1.04. The van der Waals surface area contributed by atoms with Crippen molar-refractivity contribution in [3.05, 3.63) is 0 Å². The normalized spacial score (nSPS) is 14.1. The maximum Gasteiger partial charge on any atom is 0.0814 e. The zero-order chi connectivity index (χ0) is 7.98. The van der Waals surface area contributed by atoms with Crippen molar-refractivity contribution in [3.63, 3.8) is 0 Å². The van der Waals surface area contributed by atoms with Gasteiger partial charge in [0.25, 0.3) is 0 Å². The van der Waals surface area contributed by atoms with Crippen molar-refractivity contribution in [2.24, 2.45) is 0 Å². The zero-order valence-electron chi connectivity index (χ0n) is 6.79. The minimum absolute atomic E-state index is 0.366. The molecule has 0 saturated heterocycles. The minimum atomic E-state index is -0.366. The highest BCUT2D eigenvalue weighted by Gasteiger charge is 2.03. The highest BCUT2D eigenvalue weighted by atomic mass is 16.6. The molecular formula is C6H16N2O2. The van der Waals surface area contributed by atoms with Crippen LogP contribution < -0.4 is 5.48 Å². The average Bonchev–Trinajstić information content (AvgIpc) is 1.82. The Balaban J connectivity index is 3.16. The fourth-order valence-electron chi connectivity index (χ4n) is 0.666. The molecule has 2 N–H and O–H groups in total. The first kappa shape index (κ1) is 9.84. The van der Waals surface area contributed by atoms with Gasteiger partial charge in [-0.15, -0.1) is 0 Å². The highest BCUT2D eigenvalue weighted by Crippen LogP contribution is 1.82. The molecule has 0 amide bonds. The fraction of sp³-hybridized carbons (Fsp3) is 1.00. The molecule has 0 aliphatic rings. The maximum atomic E-state index is 9.17. The second-order valence-electron chi connectivity index (χ2n) is 2.47. The van der Waals surface area contributed by atoms with E-state index in [2.05, 4.69) is 10.3 Å². The lowest BCUT2D eigenvalue weighted by Gasteiger charge is -2.15. The van der Waals surface area contributed by atoms with E-state index < -0.39 is 0 Å². The van der Waals surface area contributed by atoms with Crippen LogP contribution in [0.2, 0.25) is 0 Å². The van der Waals surface area contributed by atoms with Gasteiger partial charge in [0.1, 0.15) is 0 Å². The van der Waals surface area contributed by atoms with Crippen LogP contribution in [0.5, 0.6) is 0 Å². The number of aliphatic hydroxyl groups is 1. The van der Waals surface area contributed by atoms with E-state index in [1.54, 1.807) is 0 Å². The molecule has 0 aliphatic heterocycles. The molecule has 10 heavy (non-hydrogen) atoms. The number of hydrogen-bond donors (Lipinski definition) is 2. The molecule has 0 fully saturated rings. The second kappa shape index (κ2) is 5.61. The monoisotopic (exact) mass is 148 g/mol. The standard InChI is InChI=1S/C6H16N2O2/c1-8(2)5-6(9)4-7-10-3/h6-7,9H,4-5H2,1-3H3. The van der Waals surface area contributed by atoms with Gasteiger partial charge in [-0.2, -0.15) is 0 Å². The van der Waals surface area contributed by atoms with Crippen molar-refractivity contribution >= 4 is 0 Å². The van der Waals surface area contributed by atoms with Gasteiger partial charge < -0.3 is 14.8 Å². The van der Waals surface area contributed by atoms with Crippen molar-refractivity contribution in [1.29, 1.82) is 0 Å². The molecule has 0 aromatic carbocycles. The van der Waals surface area contributed by atoms with E-state index in [1.807, 2.05) is 19.0 Å². The zero-order valence-corrected chi connectivity index (χ0v) is 6.79. The summed E-state index contributed by atoms with van der Waals surface area (Å²) in [7, 11) is 5.36. The van der Waals surface area contributed by atoms with E-state index in [0.717, 1.165) is 0 Å². The summed E-state index contributed by atoms with van der Waals surface area (Å²) in [4.78, 5) is 6.48. The Morgan fingerprint density at radius 1 is 1.60 bits per heavy atom. The summed E-state index contributed by atoms with van der Waals surface area (Å²) in [6.07, 6.45) is -0.366. The largest absolute Gasteiger partial charge is 0.390 e. The van der Waals surface area contributed by atoms with Gasteiger partial charge in [0.2, 0.25) is 0 Å². The maximum absolute atomic E-state index is 9.17. The number of aliphatic hydroxyl groups excluding tert-OH is 1. The Hall–Kier alpha value is -0.160. The predicted molar refractivity (Wildman–Crippen MR) is 39.6 cm³/mol. The summed E-state index contributed by atoms with van der Waals surface area (Å²) in [5.74, 6) is 0. The number of rotatable bonds is 5. The van der Waals surface area contributed by atoms with Crippen molar-refractivity contribution in [2.45, 2.75) is 6.10 Å². The second-order valence-corrected chi connectivity index (χ2v) is 2.47. The third-order valence-corrected chi connectivity index (χ3v) is 1.04. The molecule has 0 bridgehead atoms. The first-order chi connectivity index (χ1) is 4.66. The summed E-state index contributed by atoms with van der Waals surface area (Å²) in [5, 5.41) is 9.17. The van der Waals surface area contributed by atoms with Crippen LogP contribution in [0.4, 0.5) is 0 Å². The molecule has 62 valence electrons. The van der Waals surface area contributed by atoms with Gasteiger partial charge in [0, 0.05) is 13.1 Å². The Kier molecular flexibility index (Phi) is 5.52. The molecular weight excluding hydrogens is 132 g/mol. The molecule has 0 aromatic rings. The topological polar surface area (TPSA) is 44.7 Å². The first-order valence-electron chi connectivity index (χ1n) is 3.25. The van der Waals surface area contributed by atoms with E-state index in [4.69, 9.17) is 5.11 Å². The number of nitrogens with one attached hydrogen (secondary N) is 1. The molecule has 0 saturated carbocycles. The smallest absolute Gasteiger partial charge is 0.0814 e. The van der Waals surface area contributed by atoms with E-state index in [-0.39, 0.29) is 6.10 Å². The van der Waals surface area contributed by atoms with Crippen LogP contribution in [0.25, 0.3) is 0 Å². The molecule has 0 aromatic heterocycles. The van der Waals surface area contributed by atoms with Crippen LogP contribution in [0.3, 0.4) is 0 Å². The lowest BCUT2D eigenvalue weighted by Crippen LogP contribution is -2.34. The van der Waals surface area contributed by atoms with Gasteiger partial charge in [-0.1, -0.05) is 0 Å². The SMILES string of the molecule is CONCC(O)CN(C)C. The molecule has 1 unspecified atom stereocenters. The highest BCUT2D eigenvalue weighted by molar-refractivity contribution is 4.58. The van der Waals surface area contributed by atoms with Gasteiger partial charge in [0.15, 0.2) is 0 Å². The Labute approximate surface area is 61.7 Å². The molecule has 0 radical (unpaired) electrons. The first-order valence-corrected chi connectivity index (χ1v) is 3.25. The molecule has 0 rings (SSSR count). The van der Waals surface area contributed by atoms with E-state index in [0.29, 0.717) is 13.1 Å². The molecule has 4 nitrogen and oxygen atoms in total. The Bertz CT molecular complexity index is 78.1. The van der Waals surface area contributed by atoms with Gasteiger partial charge in [-0.25, -0.2) is 5.48 Å². The molecule has 0 aliphatic carbocycles. The molecule has 0 spiro atoms. The summed E-state index contributed by atoms with van der Waals surface area (Å²) in [5.41, 5.74) is 2.58. The van der Waals surface area contributed by atoms with Gasteiger partial charge >= 0.3 is 0 Å². The number of hydroxylamine groups is 1. The molecule has 1 atom stereocenters. The van der Waals surface area contributed by atoms with E-state index in [1.165, 1.54) is 7.11 Å². The van der Waals surface area contributed by atoms with Gasteiger partial charge in [-0.05, 0) is 14.1 Å². The molecule has 0 heterocycles. The van der Waals surface area contributed by atoms with Crippen molar-refractivity contribution in [3.8, 4) is 0 Å². The average molecular weight is 148 g/mol. The number of likely N-dealkylation sites (N-methyl/N-ethyl adjacent to an activating group) is 1. The summed E-state index contributed by atoms with van der Waals surface area (Å²) >= 11 is 0. The van der Waals surface area contributed by atoms with Crippen LogP contribution in [0.1, 0.15) is 0 Å². The van der Waals surface area contributed by atoms with Gasteiger partial charge in [0.05, 0.1) is 13.2 Å². The predicted octanol–water partition coefficient (Wildman–Crippen LogP) is -0.940. The lowest BCUT2D eigenvalue weighted by atomic mass is 10.3. The van der Waals surface area contributed by atoms with E-state index >= 15 is 0 Å². The van der Waals surface area contributed by atoms with E-state index in [9.17, 15) is 0 Å². The van der Waals surface area contributed by atoms with Crippen molar-refractivity contribution in [1.82, 2.24) is 10.4 Å². The van der Waals surface area contributed by atoms with Crippen LogP contribution >= 0.6 is 0 Å². The Morgan fingerprint density at radius 2 is 2.20 bits per heavy atom. The van der Waals surface area contributed by atoms with Crippen molar-refractivity contribution < 1.29 is 9.94 Å². The summed E-state index contributed by atoms with van der Waals surface area (Å²) in [6, 6.07) is 0. The minimum Gasteiger partial charge on any atom is -0.390 e. The number of hydrogen-bond acceptors (Lipinski definition) is 4. The van der Waals surface area contributed by atoms with Crippen LogP contribution in [0, 0.1) is 0 Å². The summed E-state index contributed by atoms with van der Waals surface area (Å²) < 4.78 is 0. The summed E-state index contributed by atoms with van der Waals surface area (Å²) in [6.45, 7) is 1.12. The fourth-order valence-corrected chi connectivity index (χ4v) is 0.666. The van der Waals surface area contributed by atoms with Crippen LogP contribution in [-0.2, 0) is 4.84 Å². The third kappa shape index (κ3) is 5.97. The molecule has 4 heteroatoms. The van der Waals surface area contributed by atoms with Gasteiger partial charge in [-0.3, -0.25) is 0 Å². The lowest BCUT2D eigenvalue weighted by molar-refractivity contribution is 0.0416.